The number of aryl methyl sites for hydroxylation is 1. The van der Waals surface area contributed by atoms with Gasteiger partial charge >= 0.3 is 0 Å². The van der Waals surface area contributed by atoms with Crippen molar-refractivity contribution < 1.29 is 15.3 Å². The molecule has 0 aliphatic rings. The Bertz CT molecular complexity index is 351. The van der Waals surface area contributed by atoms with E-state index in [0.717, 1.165) is 0 Å². The van der Waals surface area contributed by atoms with Gasteiger partial charge < -0.3 is 21.1 Å². The van der Waals surface area contributed by atoms with Gasteiger partial charge in [-0.05, 0) is 13.3 Å². The lowest BCUT2D eigenvalue weighted by molar-refractivity contribution is 0.260. The zero-order valence-electron chi connectivity index (χ0n) is 9.46. The average molecular weight is 285 g/mol. The summed E-state index contributed by atoms with van der Waals surface area (Å²) in [6, 6.07) is -0.442. The molecule has 1 aromatic rings. The number of nitrogens with two attached hydrogens (primary N) is 1. The van der Waals surface area contributed by atoms with Crippen LogP contribution in [0.4, 0.5) is 0 Å². The molecule has 1 atom stereocenters. The maximum absolute atomic E-state index is 9.74. The van der Waals surface area contributed by atoms with Crippen molar-refractivity contribution in [3.63, 3.8) is 0 Å². The summed E-state index contributed by atoms with van der Waals surface area (Å²) in [5, 5.41) is 27.6. The van der Waals surface area contributed by atoms with Gasteiger partial charge in [0.2, 0.25) is 0 Å². The number of halogens is 2. The normalized spacial score (nSPS) is 11.3. The molecule has 0 spiro atoms. The van der Waals surface area contributed by atoms with Crippen LogP contribution in [0.3, 0.4) is 0 Å². The summed E-state index contributed by atoms with van der Waals surface area (Å²) in [4.78, 5) is 3.93. The van der Waals surface area contributed by atoms with Crippen LogP contribution in [0.15, 0.2) is 6.20 Å². The lowest BCUT2D eigenvalue weighted by Crippen LogP contribution is -2.27. The van der Waals surface area contributed by atoms with Gasteiger partial charge in [0.1, 0.15) is 5.75 Å². The van der Waals surface area contributed by atoms with E-state index >= 15 is 0 Å². The zero-order valence-corrected chi connectivity index (χ0v) is 11.1. The van der Waals surface area contributed by atoms with Crippen LogP contribution >= 0.6 is 24.8 Å². The van der Waals surface area contributed by atoms with Crippen molar-refractivity contribution in [2.75, 3.05) is 6.61 Å². The number of nitrogens with zero attached hydrogens (tertiary/aromatic N) is 1. The van der Waals surface area contributed by atoms with Crippen molar-refractivity contribution in [2.24, 2.45) is 5.73 Å². The first-order valence-electron chi connectivity index (χ1n) is 4.73. The lowest BCUT2D eigenvalue weighted by atomic mass is 10.0. The summed E-state index contributed by atoms with van der Waals surface area (Å²) in [6.45, 7) is 1.31. The Morgan fingerprint density at radius 2 is 1.94 bits per heavy atom. The smallest absolute Gasteiger partial charge is 0.140 e. The molecule has 1 aromatic heterocycles. The molecule has 0 amide bonds. The predicted octanol–water partition coefficient (Wildman–Crippen LogP) is 0.294. The number of aromatic nitrogens is 1. The molecule has 5 nitrogen and oxygen atoms in total. The summed E-state index contributed by atoms with van der Waals surface area (Å²) < 4.78 is 0. The molecular formula is C10H18Cl2N2O3. The van der Waals surface area contributed by atoms with E-state index in [-0.39, 0.29) is 43.8 Å². The Labute approximate surface area is 113 Å². The molecule has 0 saturated heterocycles. The second-order valence-electron chi connectivity index (χ2n) is 3.50. The molecule has 0 saturated carbocycles. The van der Waals surface area contributed by atoms with Crippen molar-refractivity contribution in [3.8, 4) is 5.75 Å². The second-order valence-corrected chi connectivity index (χ2v) is 3.50. The Morgan fingerprint density at radius 3 is 2.41 bits per heavy atom. The van der Waals surface area contributed by atoms with E-state index < -0.39 is 6.04 Å². The molecule has 1 rings (SSSR count). The summed E-state index contributed by atoms with van der Waals surface area (Å²) >= 11 is 0. The van der Waals surface area contributed by atoms with Crippen LogP contribution in [0.25, 0.3) is 0 Å². The Morgan fingerprint density at radius 1 is 1.35 bits per heavy atom. The fraction of sp³-hybridized carbons (Fsp3) is 0.500. The molecule has 1 unspecified atom stereocenters. The molecule has 0 bridgehead atoms. The van der Waals surface area contributed by atoms with Gasteiger partial charge in [-0.1, -0.05) is 0 Å². The third-order valence-electron chi connectivity index (χ3n) is 2.30. The van der Waals surface area contributed by atoms with Crippen LogP contribution in [0.5, 0.6) is 5.75 Å². The van der Waals surface area contributed by atoms with Gasteiger partial charge in [0.05, 0.1) is 18.9 Å². The van der Waals surface area contributed by atoms with E-state index in [9.17, 15) is 5.11 Å². The van der Waals surface area contributed by atoms with E-state index in [1.807, 2.05) is 0 Å². The fourth-order valence-electron chi connectivity index (χ4n) is 1.38. The highest BCUT2D eigenvalue weighted by molar-refractivity contribution is 5.85. The van der Waals surface area contributed by atoms with E-state index in [2.05, 4.69) is 4.98 Å². The molecule has 17 heavy (non-hydrogen) atoms. The summed E-state index contributed by atoms with van der Waals surface area (Å²) in [7, 11) is 0. The van der Waals surface area contributed by atoms with Crippen LogP contribution in [0.1, 0.15) is 16.8 Å². The molecule has 0 radical (unpaired) electrons. The molecule has 100 valence electrons. The van der Waals surface area contributed by atoms with Crippen LogP contribution in [0.2, 0.25) is 0 Å². The van der Waals surface area contributed by atoms with Gasteiger partial charge in [0.25, 0.3) is 0 Å². The van der Waals surface area contributed by atoms with Gasteiger partial charge in [-0.3, -0.25) is 4.98 Å². The van der Waals surface area contributed by atoms with Gasteiger partial charge in [-0.15, -0.1) is 24.8 Å². The van der Waals surface area contributed by atoms with Gasteiger partial charge in [-0.25, -0.2) is 0 Å². The predicted molar refractivity (Wildman–Crippen MR) is 69.8 cm³/mol. The molecule has 5 N–H and O–H groups in total. The second kappa shape index (κ2) is 8.49. The number of aliphatic hydroxyl groups excluding tert-OH is 2. The summed E-state index contributed by atoms with van der Waals surface area (Å²) in [5.41, 5.74) is 7.18. The number of hydrogen-bond donors (Lipinski definition) is 4. The van der Waals surface area contributed by atoms with Crippen LogP contribution < -0.4 is 5.73 Å². The van der Waals surface area contributed by atoms with Gasteiger partial charge in [0, 0.05) is 23.4 Å². The highest BCUT2D eigenvalue weighted by atomic mass is 35.5. The van der Waals surface area contributed by atoms with Crippen LogP contribution in [-0.2, 0) is 13.0 Å². The van der Waals surface area contributed by atoms with Crippen LogP contribution in [-0.4, -0.2) is 33.0 Å². The minimum absolute atomic E-state index is 0. The molecule has 0 fully saturated rings. The maximum atomic E-state index is 9.74. The number of pyridine rings is 1. The highest BCUT2D eigenvalue weighted by Gasteiger charge is 2.14. The summed E-state index contributed by atoms with van der Waals surface area (Å²) in [5.74, 6) is 0.0467. The van der Waals surface area contributed by atoms with Gasteiger partial charge in [-0.2, -0.15) is 0 Å². The Balaban J connectivity index is 0. The average Bonchev–Trinajstić information content (AvgIpc) is 2.25. The largest absolute Gasteiger partial charge is 0.506 e. The first-order chi connectivity index (χ1) is 7.10. The van der Waals surface area contributed by atoms with Crippen molar-refractivity contribution in [1.82, 2.24) is 4.98 Å². The minimum Gasteiger partial charge on any atom is -0.506 e. The third-order valence-corrected chi connectivity index (χ3v) is 2.30. The standard InChI is InChI=1S/C10H16N2O3.2ClH/c1-6-10(15)9(2-8(11)5-14)7(4-13)3-12-6;;/h3,8,13-15H,2,4-5,11H2,1H3;2*1H. The van der Waals surface area contributed by atoms with Crippen LogP contribution in [0, 0.1) is 6.92 Å². The Kier molecular flexibility index (Phi) is 9.38. The number of aliphatic hydroxyl groups is 2. The highest BCUT2D eigenvalue weighted by Crippen LogP contribution is 2.24. The number of rotatable bonds is 4. The lowest BCUT2D eigenvalue weighted by Gasteiger charge is -2.14. The van der Waals surface area contributed by atoms with E-state index in [4.69, 9.17) is 15.9 Å². The quantitative estimate of drug-likeness (QED) is 0.637. The maximum Gasteiger partial charge on any atom is 0.140 e. The Hall–Kier alpha value is -0.590. The van der Waals surface area contributed by atoms with Crippen molar-refractivity contribution >= 4 is 24.8 Å². The molecule has 1 heterocycles. The monoisotopic (exact) mass is 284 g/mol. The van der Waals surface area contributed by atoms with Crippen molar-refractivity contribution in [2.45, 2.75) is 26.0 Å². The fourth-order valence-corrected chi connectivity index (χ4v) is 1.38. The molecule has 0 aliphatic heterocycles. The summed E-state index contributed by atoms with van der Waals surface area (Å²) in [6.07, 6.45) is 1.83. The molecule has 0 aliphatic carbocycles. The number of aromatic hydroxyl groups is 1. The van der Waals surface area contributed by atoms with E-state index in [0.29, 0.717) is 23.2 Å². The van der Waals surface area contributed by atoms with Gasteiger partial charge in [0.15, 0.2) is 0 Å². The third kappa shape index (κ3) is 4.65. The van der Waals surface area contributed by atoms with E-state index in [1.54, 1.807) is 6.92 Å². The molecular weight excluding hydrogens is 267 g/mol. The van der Waals surface area contributed by atoms with Crippen molar-refractivity contribution in [3.05, 3.63) is 23.0 Å². The first-order valence-corrected chi connectivity index (χ1v) is 4.73. The van der Waals surface area contributed by atoms with Crippen molar-refractivity contribution in [1.29, 1.82) is 0 Å². The topological polar surface area (TPSA) is 99.6 Å². The SMILES string of the molecule is Cc1ncc(CO)c(CC(N)CO)c1O.Cl.Cl. The minimum atomic E-state index is -0.442. The molecule has 7 heteroatoms. The van der Waals surface area contributed by atoms with E-state index in [1.165, 1.54) is 6.20 Å². The molecule has 0 aromatic carbocycles. The zero-order chi connectivity index (χ0) is 11.4. The number of hydrogen-bond acceptors (Lipinski definition) is 5. The first kappa shape index (κ1) is 18.8.